The highest BCUT2D eigenvalue weighted by Crippen LogP contribution is 2.40. The van der Waals surface area contributed by atoms with Crippen LogP contribution < -0.4 is 14.8 Å². The molecule has 0 saturated heterocycles. The lowest BCUT2D eigenvalue weighted by atomic mass is 10.0. The molecule has 0 heterocycles. The molecule has 2 rings (SSSR count). The van der Waals surface area contributed by atoms with Gasteiger partial charge in [-0.3, -0.25) is 4.79 Å². The van der Waals surface area contributed by atoms with Crippen molar-refractivity contribution >= 4 is 21.8 Å². The van der Waals surface area contributed by atoms with E-state index >= 15 is 0 Å². The van der Waals surface area contributed by atoms with Crippen molar-refractivity contribution in [3.05, 3.63) is 57.6 Å². The van der Waals surface area contributed by atoms with Crippen molar-refractivity contribution < 1.29 is 19.0 Å². The smallest absolute Gasteiger partial charge is 0.246 e. The molecule has 6 heteroatoms. The van der Waals surface area contributed by atoms with Gasteiger partial charge in [-0.1, -0.05) is 30.3 Å². The number of methoxy groups -OCH3 is 2. The molecule has 0 aliphatic heterocycles. The van der Waals surface area contributed by atoms with Gasteiger partial charge in [-0.05, 0) is 52.5 Å². The number of benzene rings is 2. The minimum absolute atomic E-state index is 0.00306. The normalized spacial score (nSPS) is 11.7. The van der Waals surface area contributed by atoms with Gasteiger partial charge in [0.1, 0.15) is 22.6 Å². The van der Waals surface area contributed by atoms with E-state index in [2.05, 4.69) is 21.2 Å². The third kappa shape index (κ3) is 4.99. The molecule has 0 aliphatic rings. The van der Waals surface area contributed by atoms with Crippen molar-refractivity contribution in [1.82, 2.24) is 5.32 Å². The van der Waals surface area contributed by atoms with Crippen molar-refractivity contribution in [2.45, 2.75) is 26.5 Å². The van der Waals surface area contributed by atoms with Crippen molar-refractivity contribution in [1.29, 1.82) is 0 Å². The largest absolute Gasteiger partial charge is 0.495 e. The summed E-state index contributed by atoms with van der Waals surface area (Å²) in [6.45, 7) is 4.28. The molecule has 2 aromatic rings. The van der Waals surface area contributed by atoms with Crippen LogP contribution in [0.15, 0.2) is 40.9 Å². The summed E-state index contributed by atoms with van der Waals surface area (Å²) in [6, 6.07) is 11.4. The van der Waals surface area contributed by atoms with E-state index in [0.29, 0.717) is 18.1 Å². The maximum atomic E-state index is 12.2. The van der Waals surface area contributed by atoms with Crippen molar-refractivity contribution in [2.24, 2.45) is 0 Å². The molecule has 0 radical (unpaired) electrons. The van der Waals surface area contributed by atoms with Gasteiger partial charge in [-0.15, -0.1) is 0 Å². The summed E-state index contributed by atoms with van der Waals surface area (Å²) in [7, 11) is 3.20. The zero-order chi connectivity index (χ0) is 19.1. The molecule has 1 amide bonds. The molecule has 0 spiro atoms. The first-order valence-corrected chi connectivity index (χ1v) is 9.09. The molecule has 0 aromatic heterocycles. The van der Waals surface area contributed by atoms with Crippen LogP contribution in [0.25, 0.3) is 0 Å². The topological polar surface area (TPSA) is 56.8 Å². The average molecular weight is 422 g/mol. The summed E-state index contributed by atoms with van der Waals surface area (Å²) < 4.78 is 17.1. The summed E-state index contributed by atoms with van der Waals surface area (Å²) in [4.78, 5) is 12.2. The Morgan fingerprint density at radius 1 is 1.19 bits per heavy atom. The molecular formula is C20H24BrNO4. The van der Waals surface area contributed by atoms with E-state index in [1.807, 2.05) is 50.2 Å². The zero-order valence-corrected chi connectivity index (χ0v) is 17.1. The monoisotopic (exact) mass is 421 g/mol. The Labute approximate surface area is 162 Å². The second-order valence-corrected chi connectivity index (χ2v) is 6.70. The number of hydrogen-bond acceptors (Lipinski definition) is 4. The molecule has 0 saturated carbocycles. The zero-order valence-electron chi connectivity index (χ0n) is 15.5. The number of ether oxygens (including phenoxy) is 3. The van der Waals surface area contributed by atoms with Crippen LogP contribution in [0, 0.1) is 6.92 Å². The maximum Gasteiger partial charge on any atom is 0.246 e. The minimum atomic E-state index is -0.210. The summed E-state index contributed by atoms with van der Waals surface area (Å²) in [6.07, 6.45) is 0. The summed E-state index contributed by atoms with van der Waals surface area (Å²) in [5.74, 6) is 1.18. The number of halogens is 1. The van der Waals surface area contributed by atoms with E-state index in [1.54, 1.807) is 14.2 Å². The van der Waals surface area contributed by atoms with Crippen LogP contribution in [0.2, 0.25) is 0 Å². The molecule has 5 nitrogen and oxygen atoms in total. The lowest BCUT2D eigenvalue weighted by molar-refractivity contribution is -0.126. The third-order valence-corrected chi connectivity index (χ3v) is 4.84. The van der Waals surface area contributed by atoms with Gasteiger partial charge in [0.25, 0.3) is 0 Å². The van der Waals surface area contributed by atoms with E-state index in [0.717, 1.165) is 21.2 Å². The molecule has 26 heavy (non-hydrogen) atoms. The van der Waals surface area contributed by atoms with Gasteiger partial charge in [0.05, 0.1) is 26.9 Å². The van der Waals surface area contributed by atoms with Crippen LogP contribution in [0.5, 0.6) is 11.5 Å². The first-order valence-electron chi connectivity index (χ1n) is 8.30. The van der Waals surface area contributed by atoms with Gasteiger partial charge in [-0.25, -0.2) is 0 Å². The molecular weight excluding hydrogens is 398 g/mol. The first-order chi connectivity index (χ1) is 12.5. The van der Waals surface area contributed by atoms with Gasteiger partial charge in [0.2, 0.25) is 5.91 Å². The Bertz CT molecular complexity index is 749. The van der Waals surface area contributed by atoms with Crippen molar-refractivity contribution in [3.8, 4) is 11.5 Å². The Morgan fingerprint density at radius 3 is 2.50 bits per heavy atom. The Balaban J connectivity index is 2.00. The fraction of sp³-hybridized carbons (Fsp3) is 0.350. The number of carbonyl (C=O) groups is 1. The van der Waals surface area contributed by atoms with Crippen LogP contribution in [0.1, 0.15) is 29.7 Å². The van der Waals surface area contributed by atoms with Crippen molar-refractivity contribution in [3.63, 3.8) is 0 Å². The predicted octanol–water partition coefficient (Wildman–Crippen LogP) is 4.17. The van der Waals surface area contributed by atoms with Crippen LogP contribution in [-0.4, -0.2) is 26.7 Å². The summed E-state index contributed by atoms with van der Waals surface area (Å²) >= 11 is 3.49. The summed E-state index contributed by atoms with van der Waals surface area (Å²) in [5, 5.41) is 2.96. The van der Waals surface area contributed by atoms with Crippen LogP contribution in [0.4, 0.5) is 0 Å². The molecule has 0 aliphatic carbocycles. The van der Waals surface area contributed by atoms with E-state index < -0.39 is 0 Å². The molecule has 0 bridgehead atoms. The highest BCUT2D eigenvalue weighted by atomic mass is 79.9. The SMILES string of the molecule is COc1cc([C@@H](C)NC(=O)COCc2ccccc2)c(C)c(OC)c1Br. The van der Waals surface area contributed by atoms with E-state index in [1.165, 1.54) is 0 Å². The molecule has 1 atom stereocenters. The third-order valence-electron chi connectivity index (χ3n) is 4.09. The minimum Gasteiger partial charge on any atom is -0.495 e. The van der Waals surface area contributed by atoms with Crippen molar-refractivity contribution in [2.75, 3.05) is 20.8 Å². The molecule has 0 unspecified atom stereocenters. The molecule has 140 valence electrons. The van der Waals surface area contributed by atoms with Gasteiger partial charge in [-0.2, -0.15) is 0 Å². The quantitative estimate of drug-likeness (QED) is 0.694. The molecule has 2 aromatic carbocycles. The number of hydrogen-bond donors (Lipinski definition) is 1. The van der Waals surface area contributed by atoms with Gasteiger partial charge < -0.3 is 19.5 Å². The maximum absolute atomic E-state index is 12.2. The Morgan fingerprint density at radius 2 is 1.88 bits per heavy atom. The standard InChI is InChI=1S/C20H24BrNO4/c1-13-16(10-17(24-3)19(21)20(13)25-4)14(2)22-18(23)12-26-11-15-8-6-5-7-9-15/h5-10,14H,11-12H2,1-4H3,(H,22,23)/t14-/m1/s1. The van der Waals surface area contributed by atoms with E-state index in [9.17, 15) is 4.79 Å². The van der Waals surface area contributed by atoms with Gasteiger partial charge >= 0.3 is 0 Å². The van der Waals surface area contributed by atoms with E-state index in [-0.39, 0.29) is 18.6 Å². The Kier molecular flexibility index (Phi) is 7.48. The van der Waals surface area contributed by atoms with Crippen LogP contribution in [0.3, 0.4) is 0 Å². The highest BCUT2D eigenvalue weighted by molar-refractivity contribution is 9.10. The van der Waals surface area contributed by atoms with Gasteiger partial charge in [0.15, 0.2) is 0 Å². The number of nitrogens with one attached hydrogen (secondary N) is 1. The molecule has 1 N–H and O–H groups in total. The fourth-order valence-electron chi connectivity index (χ4n) is 2.76. The fourth-order valence-corrected chi connectivity index (χ4v) is 3.49. The number of rotatable bonds is 8. The molecule has 0 fully saturated rings. The lowest BCUT2D eigenvalue weighted by Crippen LogP contribution is -2.30. The first kappa shape index (κ1) is 20.3. The number of carbonyl (C=O) groups excluding carboxylic acids is 1. The summed E-state index contributed by atoms with van der Waals surface area (Å²) in [5.41, 5.74) is 2.91. The van der Waals surface area contributed by atoms with E-state index in [4.69, 9.17) is 14.2 Å². The highest BCUT2D eigenvalue weighted by Gasteiger charge is 2.20. The predicted molar refractivity (Wildman–Crippen MR) is 105 cm³/mol. The van der Waals surface area contributed by atoms with Crippen LogP contribution >= 0.6 is 15.9 Å². The van der Waals surface area contributed by atoms with Gasteiger partial charge in [0, 0.05) is 0 Å². The number of amides is 1. The van der Waals surface area contributed by atoms with Crippen LogP contribution in [-0.2, 0) is 16.1 Å². The lowest BCUT2D eigenvalue weighted by Gasteiger charge is -2.21. The second kappa shape index (κ2) is 9.59. The average Bonchev–Trinajstić information content (AvgIpc) is 2.63. The Hall–Kier alpha value is -2.05. The second-order valence-electron chi connectivity index (χ2n) is 5.91.